The predicted molar refractivity (Wildman–Crippen MR) is 98.5 cm³/mol. The van der Waals surface area contributed by atoms with E-state index in [1.54, 1.807) is 17.8 Å². The lowest BCUT2D eigenvalue weighted by atomic mass is 9.98. The molecule has 0 fully saturated rings. The van der Waals surface area contributed by atoms with Crippen molar-refractivity contribution < 1.29 is 4.42 Å². The first-order chi connectivity index (χ1) is 11.3. The highest BCUT2D eigenvalue weighted by molar-refractivity contribution is 7.99. The third-order valence-electron chi connectivity index (χ3n) is 4.03. The zero-order valence-corrected chi connectivity index (χ0v) is 13.7. The Balaban J connectivity index is 2.21. The third-order valence-corrected chi connectivity index (χ3v) is 5.13. The van der Waals surface area contributed by atoms with Crippen LogP contribution in [-0.4, -0.2) is 5.75 Å². The van der Waals surface area contributed by atoms with E-state index in [9.17, 15) is 4.79 Å². The molecule has 3 heteroatoms. The standard InChI is InChI=1S/C20H16O2S/c1-2-11-23-18-12-17(21)19-15-9-5-3-7-13(15)14-8-4-6-10-16(14)20(19)22-18/h3-10,12H,2,11H2,1H3. The average molecular weight is 320 g/mol. The van der Waals surface area contributed by atoms with E-state index in [0.29, 0.717) is 16.1 Å². The first-order valence-electron chi connectivity index (χ1n) is 7.79. The van der Waals surface area contributed by atoms with E-state index in [0.717, 1.165) is 33.7 Å². The molecular formula is C20H16O2S. The van der Waals surface area contributed by atoms with E-state index in [4.69, 9.17) is 4.42 Å². The van der Waals surface area contributed by atoms with Gasteiger partial charge in [-0.1, -0.05) is 67.2 Å². The smallest absolute Gasteiger partial charge is 0.194 e. The fourth-order valence-electron chi connectivity index (χ4n) is 3.04. The molecule has 0 radical (unpaired) electrons. The highest BCUT2D eigenvalue weighted by Crippen LogP contribution is 2.34. The lowest BCUT2D eigenvalue weighted by molar-refractivity contribution is 0.503. The van der Waals surface area contributed by atoms with Gasteiger partial charge in [0.1, 0.15) is 5.58 Å². The molecule has 4 aromatic rings. The molecule has 0 aliphatic carbocycles. The third kappa shape index (κ3) is 2.32. The van der Waals surface area contributed by atoms with E-state index >= 15 is 0 Å². The minimum atomic E-state index is 0.0341. The Kier molecular flexibility index (Phi) is 3.58. The Morgan fingerprint density at radius 3 is 2.22 bits per heavy atom. The molecule has 0 N–H and O–H groups in total. The Morgan fingerprint density at radius 1 is 0.913 bits per heavy atom. The molecule has 1 aromatic heterocycles. The normalized spacial score (nSPS) is 11.5. The van der Waals surface area contributed by atoms with Crippen LogP contribution in [0, 0.1) is 0 Å². The van der Waals surface area contributed by atoms with Crippen LogP contribution in [0.15, 0.2) is 68.9 Å². The van der Waals surface area contributed by atoms with Crippen LogP contribution in [0.2, 0.25) is 0 Å². The Bertz CT molecular complexity index is 1080. The van der Waals surface area contributed by atoms with E-state index in [2.05, 4.69) is 19.1 Å². The summed E-state index contributed by atoms with van der Waals surface area (Å²) < 4.78 is 6.13. The van der Waals surface area contributed by atoms with E-state index in [1.807, 2.05) is 36.4 Å². The van der Waals surface area contributed by atoms with Crippen LogP contribution < -0.4 is 5.43 Å². The van der Waals surface area contributed by atoms with Gasteiger partial charge in [-0.05, 0) is 22.6 Å². The van der Waals surface area contributed by atoms with Crippen molar-refractivity contribution in [1.82, 2.24) is 0 Å². The molecule has 0 unspecified atom stereocenters. The number of thioether (sulfide) groups is 1. The van der Waals surface area contributed by atoms with Gasteiger partial charge in [-0.15, -0.1) is 0 Å². The van der Waals surface area contributed by atoms with Gasteiger partial charge in [-0.3, -0.25) is 4.79 Å². The molecule has 1 heterocycles. The quantitative estimate of drug-likeness (QED) is 0.363. The summed E-state index contributed by atoms with van der Waals surface area (Å²) in [4.78, 5) is 12.7. The highest BCUT2D eigenvalue weighted by Gasteiger charge is 2.14. The van der Waals surface area contributed by atoms with Crippen molar-refractivity contribution in [1.29, 1.82) is 0 Å². The van der Waals surface area contributed by atoms with Gasteiger partial charge in [0.2, 0.25) is 0 Å². The van der Waals surface area contributed by atoms with Gasteiger partial charge in [0.15, 0.2) is 10.5 Å². The minimum absolute atomic E-state index is 0.0341. The molecule has 2 nitrogen and oxygen atoms in total. The van der Waals surface area contributed by atoms with Gasteiger partial charge in [0.25, 0.3) is 0 Å². The van der Waals surface area contributed by atoms with Crippen molar-refractivity contribution in [2.75, 3.05) is 5.75 Å². The molecule has 0 spiro atoms. The first-order valence-corrected chi connectivity index (χ1v) is 8.78. The molecule has 0 saturated carbocycles. The van der Waals surface area contributed by atoms with Crippen molar-refractivity contribution in [2.24, 2.45) is 0 Å². The van der Waals surface area contributed by atoms with Gasteiger partial charge in [0.05, 0.1) is 5.39 Å². The first kappa shape index (κ1) is 14.3. The average Bonchev–Trinajstić information content (AvgIpc) is 2.60. The van der Waals surface area contributed by atoms with Crippen molar-refractivity contribution in [3.63, 3.8) is 0 Å². The summed E-state index contributed by atoms with van der Waals surface area (Å²) in [6, 6.07) is 17.8. The molecule has 114 valence electrons. The highest BCUT2D eigenvalue weighted by atomic mass is 32.2. The fraction of sp³-hybridized carbons (Fsp3) is 0.150. The second-order valence-electron chi connectivity index (χ2n) is 5.57. The molecule has 0 atom stereocenters. The maximum Gasteiger partial charge on any atom is 0.194 e. The Morgan fingerprint density at radius 2 is 1.52 bits per heavy atom. The number of benzene rings is 3. The SMILES string of the molecule is CCCSc1cc(=O)c2c3ccccc3c3ccccc3c2o1. The molecule has 0 amide bonds. The predicted octanol–water partition coefficient (Wildman–Crippen LogP) is 5.60. The van der Waals surface area contributed by atoms with Crippen LogP contribution in [0.25, 0.3) is 32.5 Å². The van der Waals surface area contributed by atoms with Gasteiger partial charge in [-0.25, -0.2) is 0 Å². The van der Waals surface area contributed by atoms with Crippen LogP contribution in [0.5, 0.6) is 0 Å². The second kappa shape index (κ2) is 5.74. The molecule has 0 bridgehead atoms. The largest absolute Gasteiger partial charge is 0.449 e. The van der Waals surface area contributed by atoms with Crippen molar-refractivity contribution >= 4 is 44.3 Å². The Hall–Kier alpha value is -2.26. The van der Waals surface area contributed by atoms with Gasteiger partial charge < -0.3 is 4.42 Å². The fourth-order valence-corrected chi connectivity index (χ4v) is 3.78. The molecule has 3 aromatic carbocycles. The molecule has 0 aliphatic heterocycles. The van der Waals surface area contributed by atoms with Crippen LogP contribution in [0.3, 0.4) is 0 Å². The van der Waals surface area contributed by atoms with Crippen LogP contribution >= 0.6 is 11.8 Å². The zero-order valence-electron chi connectivity index (χ0n) is 12.8. The summed E-state index contributed by atoms with van der Waals surface area (Å²) in [6.45, 7) is 2.12. The van der Waals surface area contributed by atoms with Crippen LogP contribution in [-0.2, 0) is 0 Å². The van der Waals surface area contributed by atoms with E-state index < -0.39 is 0 Å². The summed E-state index contributed by atoms with van der Waals surface area (Å²) in [7, 11) is 0. The number of hydrogen-bond donors (Lipinski definition) is 0. The molecule has 4 rings (SSSR count). The summed E-state index contributed by atoms with van der Waals surface area (Å²) in [5.41, 5.74) is 0.734. The summed E-state index contributed by atoms with van der Waals surface area (Å²) in [6.07, 6.45) is 1.05. The van der Waals surface area contributed by atoms with Crippen molar-refractivity contribution in [2.45, 2.75) is 18.4 Å². The molecule has 23 heavy (non-hydrogen) atoms. The second-order valence-corrected chi connectivity index (χ2v) is 6.67. The van der Waals surface area contributed by atoms with Gasteiger partial charge >= 0.3 is 0 Å². The van der Waals surface area contributed by atoms with Crippen LogP contribution in [0.1, 0.15) is 13.3 Å². The van der Waals surface area contributed by atoms with Crippen LogP contribution in [0.4, 0.5) is 0 Å². The maximum absolute atomic E-state index is 12.7. The summed E-state index contributed by atoms with van der Waals surface area (Å²) in [5.74, 6) is 0.944. The lowest BCUT2D eigenvalue weighted by Gasteiger charge is -2.09. The minimum Gasteiger partial charge on any atom is -0.449 e. The molecule has 0 aliphatic rings. The van der Waals surface area contributed by atoms with Gasteiger partial charge in [-0.2, -0.15) is 0 Å². The van der Waals surface area contributed by atoms with Crippen molar-refractivity contribution in [3.05, 3.63) is 64.8 Å². The summed E-state index contributed by atoms with van der Waals surface area (Å²) in [5, 5.41) is 5.55. The zero-order chi connectivity index (χ0) is 15.8. The number of rotatable bonds is 3. The lowest BCUT2D eigenvalue weighted by Crippen LogP contribution is -2.01. The molecule has 0 saturated heterocycles. The van der Waals surface area contributed by atoms with Gasteiger partial charge in [0, 0.05) is 17.2 Å². The summed E-state index contributed by atoms with van der Waals surface area (Å²) >= 11 is 1.60. The van der Waals surface area contributed by atoms with E-state index in [-0.39, 0.29) is 5.43 Å². The maximum atomic E-state index is 12.7. The monoisotopic (exact) mass is 320 g/mol. The molecular weight excluding hydrogens is 304 g/mol. The van der Waals surface area contributed by atoms with E-state index in [1.165, 1.54) is 0 Å². The number of fused-ring (bicyclic) bond motifs is 6. The topological polar surface area (TPSA) is 30.2 Å². The van der Waals surface area contributed by atoms with Crippen molar-refractivity contribution in [3.8, 4) is 0 Å². The number of hydrogen-bond acceptors (Lipinski definition) is 3. The Labute approximate surface area is 138 Å².